The molecule has 25 heavy (non-hydrogen) atoms. The maximum absolute atomic E-state index is 12.0. The van der Waals surface area contributed by atoms with Crippen molar-refractivity contribution in [2.24, 2.45) is 5.10 Å². The Morgan fingerprint density at radius 1 is 1.08 bits per heavy atom. The van der Waals surface area contributed by atoms with Gasteiger partial charge in [-0.3, -0.25) is 14.6 Å². The van der Waals surface area contributed by atoms with Gasteiger partial charge in [0.1, 0.15) is 0 Å². The lowest BCUT2D eigenvalue weighted by Crippen LogP contribution is -2.21. The first-order chi connectivity index (χ1) is 11.9. The number of benzene rings is 1. The van der Waals surface area contributed by atoms with Crippen LogP contribution in [-0.4, -0.2) is 22.5 Å². The third-order valence-corrected chi connectivity index (χ3v) is 4.03. The van der Waals surface area contributed by atoms with E-state index in [0.717, 1.165) is 0 Å². The second kappa shape index (κ2) is 8.80. The third-order valence-electron chi connectivity index (χ3n) is 2.99. The van der Waals surface area contributed by atoms with Crippen LogP contribution in [0.4, 0.5) is 5.69 Å². The van der Waals surface area contributed by atoms with E-state index in [-0.39, 0.29) is 22.4 Å². The van der Waals surface area contributed by atoms with Crippen LogP contribution in [0, 0.1) is 0 Å². The number of halogens is 3. The predicted molar refractivity (Wildman–Crippen MR) is 99.5 cm³/mol. The number of nitrogens with zero attached hydrogens (tertiary/aromatic N) is 2. The Morgan fingerprint density at radius 2 is 1.72 bits per heavy atom. The predicted octanol–water partition coefficient (Wildman–Crippen LogP) is 4.18. The van der Waals surface area contributed by atoms with Gasteiger partial charge in [0.05, 0.1) is 27.2 Å². The summed E-state index contributed by atoms with van der Waals surface area (Å²) in [6, 6.07) is 6.01. The molecule has 0 aliphatic carbocycles. The molecule has 0 saturated carbocycles. The van der Waals surface area contributed by atoms with Crippen LogP contribution in [0.15, 0.2) is 41.8 Å². The summed E-state index contributed by atoms with van der Waals surface area (Å²) in [6.45, 7) is 1.61. The van der Waals surface area contributed by atoms with Gasteiger partial charge in [-0.15, -0.1) is 0 Å². The zero-order valence-electron chi connectivity index (χ0n) is 13.0. The molecule has 0 fully saturated rings. The highest BCUT2D eigenvalue weighted by molar-refractivity contribution is 6.44. The van der Waals surface area contributed by atoms with Crippen LogP contribution in [0.3, 0.4) is 0 Å². The van der Waals surface area contributed by atoms with E-state index in [4.69, 9.17) is 34.8 Å². The molecule has 2 N–H and O–H groups in total. The lowest BCUT2D eigenvalue weighted by atomic mass is 10.2. The summed E-state index contributed by atoms with van der Waals surface area (Å²) in [5.74, 6) is -0.755. The molecule has 0 spiro atoms. The largest absolute Gasteiger partial charge is 0.324 e. The smallest absolute Gasteiger partial charge is 0.271 e. The first-order valence-electron chi connectivity index (χ1n) is 7.04. The Labute approximate surface area is 159 Å². The van der Waals surface area contributed by atoms with Gasteiger partial charge in [-0.1, -0.05) is 34.8 Å². The van der Waals surface area contributed by atoms with Crippen LogP contribution in [0.1, 0.15) is 23.7 Å². The number of carbonyl (C=O) groups excluding carboxylic acids is 2. The maximum Gasteiger partial charge on any atom is 0.271 e. The van der Waals surface area contributed by atoms with E-state index >= 15 is 0 Å². The molecule has 1 aromatic heterocycles. The van der Waals surface area contributed by atoms with Gasteiger partial charge in [0.15, 0.2) is 0 Å². The second-order valence-electron chi connectivity index (χ2n) is 5.00. The summed E-state index contributed by atoms with van der Waals surface area (Å²) in [6.07, 6.45) is 2.97. The fourth-order valence-corrected chi connectivity index (χ4v) is 2.39. The molecule has 0 unspecified atom stereocenters. The fraction of sp³-hybridized carbons (Fsp3) is 0.125. The quantitative estimate of drug-likeness (QED) is 0.449. The average Bonchev–Trinajstić information content (AvgIpc) is 2.58. The van der Waals surface area contributed by atoms with Crippen molar-refractivity contribution in [1.82, 2.24) is 10.4 Å². The molecule has 0 radical (unpaired) electrons. The van der Waals surface area contributed by atoms with Crippen molar-refractivity contribution in [1.29, 1.82) is 0 Å². The van der Waals surface area contributed by atoms with Crippen molar-refractivity contribution in [2.75, 3.05) is 5.32 Å². The minimum absolute atomic E-state index is 0.0345. The summed E-state index contributed by atoms with van der Waals surface area (Å²) >= 11 is 17.7. The molecular formula is C16H13Cl3N4O2. The lowest BCUT2D eigenvalue weighted by Gasteiger charge is -2.09. The Morgan fingerprint density at radius 3 is 2.40 bits per heavy atom. The number of nitrogens with one attached hydrogen (secondary N) is 2. The number of anilines is 1. The molecule has 0 bridgehead atoms. The highest BCUT2D eigenvalue weighted by atomic mass is 35.5. The van der Waals surface area contributed by atoms with Crippen LogP contribution in [-0.2, 0) is 4.79 Å². The molecule has 1 aromatic carbocycles. The maximum atomic E-state index is 12.0. The Balaban J connectivity index is 1.94. The first-order valence-corrected chi connectivity index (χ1v) is 8.18. The van der Waals surface area contributed by atoms with Gasteiger partial charge in [-0.25, -0.2) is 5.43 Å². The number of hydrogen-bond acceptors (Lipinski definition) is 4. The second-order valence-corrected chi connectivity index (χ2v) is 6.22. The number of rotatable bonds is 5. The number of carbonyl (C=O) groups is 2. The number of hydrazone groups is 1. The average molecular weight is 400 g/mol. The number of pyridine rings is 1. The van der Waals surface area contributed by atoms with Crippen molar-refractivity contribution in [3.8, 4) is 0 Å². The van der Waals surface area contributed by atoms with Crippen LogP contribution in [0.2, 0.25) is 15.1 Å². The van der Waals surface area contributed by atoms with E-state index in [1.165, 1.54) is 24.5 Å². The van der Waals surface area contributed by atoms with Gasteiger partial charge in [-0.2, -0.15) is 5.10 Å². The summed E-state index contributed by atoms with van der Waals surface area (Å²) in [7, 11) is 0. The molecule has 2 rings (SSSR count). The minimum Gasteiger partial charge on any atom is -0.324 e. The normalized spacial score (nSPS) is 11.1. The van der Waals surface area contributed by atoms with Gasteiger partial charge >= 0.3 is 0 Å². The third kappa shape index (κ3) is 5.70. The summed E-state index contributed by atoms with van der Waals surface area (Å²) < 4.78 is 0. The van der Waals surface area contributed by atoms with Gasteiger partial charge in [-0.05, 0) is 31.2 Å². The Bertz CT molecular complexity index is 826. The summed E-state index contributed by atoms with van der Waals surface area (Å²) in [5, 5.41) is 7.34. The van der Waals surface area contributed by atoms with E-state index in [9.17, 15) is 9.59 Å². The van der Waals surface area contributed by atoms with Gasteiger partial charge in [0.2, 0.25) is 5.91 Å². The van der Waals surface area contributed by atoms with Gasteiger partial charge in [0.25, 0.3) is 5.91 Å². The summed E-state index contributed by atoms with van der Waals surface area (Å²) in [5.41, 5.74) is 3.54. The highest BCUT2D eigenvalue weighted by Crippen LogP contribution is 2.32. The highest BCUT2D eigenvalue weighted by Gasteiger charge is 2.11. The molecule has 0 atom stereocenters. The molecule has 0 saturated heterocycles. The number of hydrogen-bond donors (Lipinski definition) is 2. The molecule has 2 amide bonds. The first kappa shape index (κ1) is 19.2. The van der Waals surface area contributed by atoms with Crippen LogP contribution in [0.25, 0.3) is 0 Å². The molecule has 0 aliphatic rings. The SMILES string of the molecule is C/C(CC(=O)Nc1cc(Cl)c(Cl)cc1Cl)=N/NC(=O)c1ccncc1. The Kier molecular flexibility index (Phi) is 6.75. The molecular weight excluding hydrogens is 387 g/mol. The van der Waals surface area contributed by atoms with Crippen molar-refractivity contribution in [3.63, 3.8) is 0 Å². The molecule has 9 heteroatoms. The van der Waals surface area contributed by atoms with Crippen molar-refractivity contribution < 1.29 is 9.59 Å². The van der Waals surface area contributed by atoms with E-state index < -0.39 is 5.91 Å². The lowest BCUT2D eigenvalue weighted by molar-refractivity contribution is -0.115. The van der Waals surface area contributed by atoms with E-state index in [2.05, 4.69) is 20.8 Å². The van der Waals surface area contributed by atoms with Gasteiger partial charge in [0, 0.05) is 23.7 Å². The minimum atomic E-state index is -0.394. The zero-order valence-corrected chi connectivity index (χ0v) is 15.3. The zero-order chi connectivity index (χ0) is 18.4. The molecule has 2 aromatic rings. The number of aromatic nitrogens is 1. The van der Waals surface area contributed by atoms with Crippen LogP contribution < -0.4 is 10.7 Å². The van der Waals surface area contributed by atoms with E-state index in [1.54, 1.807) is 19.1 Å². The van der Waals surface area contributed by atoms with Gasteiger partial charge < -0.3 is 5.32 Å². The topological polar surface area (TPSA) is 83.5 Å². The standard InChI is InChI=1S/C16H13Cl3N4O2/c1-9(22-23-16(25)10-2-4-20-5-3-10)6-15(24)21-14-8-12(18)11(17)7-13(14)19/h2-5,7-8H,6H2,1H3,(H,21,24)(H,23,25)/b22-9-. The summed E-state index contributed by atoms with van der Waals surface area (Å²) in [4.78, 5) is 27.7. The number of amides is 2. The Hall–Kier alpha value is -2.15. The van der Waals surface area contributed by atoms with E-state index in [1.807, 2.05) is 0 Å². The monoisotopic (exact) mass is 398 g/mol. The fourth-order valence-electron chi connectivity index (χ4n) is 1.80. The van der Waals surface area contributed by atoms with Crippen molar-refractivity contribution in [2.45, 2.75) is 13.3 Å². The van der Waals surface area contributed by atoms with Crippen molar-refractivity contribution in [3.05, 3.63) is 57.3 Å². The molecule has 0 aliphatic heterocycles. The molecule has 1 heterocycles. The molecule has 6 nitrogen and oxygen atoms in total. The van der Waals surface area contributed by atoms with E-state index in [0.29, 0.717) is 22.0 Å². The molecule has 130 valence electrons. The van der Waals surface area contributed by atoms with Crippen LogP contribution in [0.5, 0.6) is 0 Å². The van der Waals surface area contributed by atoms with Crippen LogP contribution >= 0.6 is 34.8 Å². The van der Waals surface area contributed by atoms with Crippen molar-refractivity contribution >= 4 is 58.0 Å².